The SMILES string of the molecule is Nc1cnn(CC(=O)c2ccc(-c3ccccc3)cc2)c1. The van der Waals surface area contributed by atoms with E-state index in [1.165, 1.54) is 6.20 Å². The number of rotatable bonds is 4. The second kappa shape index (κ2) is 5.63. The summed E-state index contributed by atoms with van der Waals surface area (Å²) in [5.41, 5.74) is 9.04. The Hall–Kier alpha value is -2.88. The molecule has 0 bridgehead atoms. The predicted octanol–water partition coefficient (Wildman–Crippen LogP) is 3.02. The van der Waals surface area contributed by atoms with Gasteiger partial charge < -0.3 is 5.73 Å². The summed E-state index contributed by atoms with van der Waals surface area (Å²) in [6.07, 6.45) is 3.18. The van der Waals surface area contributed by atoms with E-state index in [9.17, 15) is 4.79 Å². The van der Waals surface area contributed by atoms with Crippen molar-refractivity contribution in [3.05, 3.63) is 72.6 Å². The second-order valence-electron chi connectivity index (χ2n) is 4.84. The van der Waals surface area contributed by atoms with Crippen LogP contribution in [0, 0.1) is 0 Å². The molecule has 0 amide bonds. The van der Waals surface area contributed by atoms with Gasteiger partial charge in [0.1, 0.15) is 6.54 Å². The van der Waals surface area contributed by atoms with Crippen LogP contribution in [0.25, 0.3) is 11.1 Å². The summed E-state index contributed by atoms with van der Waals surface area (Å²) < 4.78 is 1.54. The van der Waals surface area contributed by atoms with E-state index in [2.05, 4.69) is 5.10 Å². The number of aromatic nitrogens is 2. The van der Waals surface area contributed by atoms with Crippen molar-refractivity contribution in [2.45, 2.75) is 6.54 Å². The molecule has 0 aliphatic carbocycles. The molecule has 0 saturated carbocycles. The van der Waals surface area contributed by atoms with Crippen LogP contribution in [0.2, 0.25) is 0 Å². The average molecular weight is 277 g/mol. The molecule has 0 radical (unpaired) electrons. The number of nitrogens with two attached hydrogens (primary N) is 1. The Morgan fingerprint density at radius 3 is 2.29 bits per heavy atom. The second-order valence-corrected chi connectivity index (χ2v) is 4.84. The zero-order chi connectivity index (χ0) is 14.7. The minimum absolute atomic E-state index is 0.0118. The summed E-state index contributed by atoms with van der Waals surface area (Å²) in [7, 11) is 0. The Morgan fingerprint density at radius 1 is 1.00 bits per heavy atom. The predicted molar refractivity (Wildman–Crippen MR) is 82.8 cm³/mol. The minimum Gasteiger partial charge on any atom is -0.396 e. The third-order valence-electron chi connectivity index (χ3n) is 3.27. The zero-order valence-electron chi connectivity index (χ0n) is 11.4. The molecule has 4 nitrogen and oxygen atoms in total. The van der Waals surface area contributed by atoms with Crippen molar-refractivity contribution in [2.24, 2.45) is 0 Å². The highest BCUT2D eigenvalue weighted by atomic mass is 16.1. The first kappa shape index (κ1) is 13.1. The highest BCUT2D eigenvalue weighted by Gasteiger charge is 2.08. The fourth-order valence-electron chi connectivity index (χ4n) is 2.18. The van der Waals surface area contributed by atoms with Crippen LogP contribution in [-0.4, -0.2) is 15.6 Å². The van der Waals surface area contributed by atoms with E-state index in [1.807, 2.05) is 54.6 Å². The van der Waals surface area contributed by atoms with Crippen LogP contribution >= 0.6 is 0 Å². The largest absolute Gasteiger partial charge is 0.396 e. The zero-order valence-corrected chi connectivity index (χ0v) is 11.4. The van der Waals surface area contributed by atoms with Gasteiger partial charge in [0.2, 0.25) is 0 Å². The van der Waals surface area contributed by atoms with Gasteiger partial charge in [0, 0.05) is 11.8 Å². The first-order valence-corrected chi connectivity index (χ1v) is 6.69. The van der Waals surface area contributed by atoms with Gasteiger partial charge in [0.05, 0.1) is 11.9 Å². The highest BCUT2D eigenvalue weighted by molar-refractivity contribution is 5.96. The number of nitrogen functional groups attached to an aromatic ring is 1. The van der Waals surface area contributed by atoms with Gasteiger partial charge >= 0.3 is 0 Å². The summed E-state index contributed by atoms with van der Waals surface area (Å²) in [4.78, 5) is 12.2. The van der Waals surface area contributed by atoms with Crippen LogP contribution in [0.4, 0.5) is 5.69 Å². The molecule has 3 rings (SSSR count). The first-order chi connectivity index (χ1) is 10.2. The average Bonchev–Trinajstić information content (AvgIpc) is 2.93. The number of Topliss-reactive ketones (excluding diaryl/α,β-unsaturated/α-hetero) is 1. The molecule has 0 aliphatic heterocycles. The minimum atomic E-state index is 0.0118. The summed E-state index contributed by atoms with van der Waals surface area (Å²) >= 11 is 0. The number of anilines is 1. The smallest absolute Gasteiger partial charge is 0.184 e. The Kier molecular flexibility index (Phi) is 3.51. The number of nitrogens with zero attached hydrogens (tertiary/aromatic N) is 2. The van der Waals surface area contributed by atoms with Crippen molar-refractivity contribution in [1.82, 2.24) is 9.78 Å². The quantitative estimate of drug-likeness (QED) is 0.746. The van der Waals surface area contributed by atoms with Crippen LogP contribution in [-0.2, 0) is 6.54 Å². The summed E-state index contributed by atoms with van der Waals surface area (Å²) in [5.74, 6) is 0.0118. The van der Waals surface area contributed by atoms with Gasteiger partial charge in [-0.05, 0) is 11.1 Å². The normalized spacial score (nSPS) is 10.5. The fraction of sp³-hybridized carbons (Fsp3) is 0.0588. The number of carbonyl (C=O) groups excluding carboxylic acids is 1. The van der Waals surface area contributed by atoms with Crippen molar-refractivity contribution in [1.29, 1.82) is 0 Å². The number of benzene rings is 2. The van der Waals surface area contributed by atoms with Gasteiger partial charge in [0.25, 0.3) is 0 Å². The molecule has 2 aromatic carbocycles. The van der Waals surface area contributed by atoms with E-state index in [1.54, 1.807) is 10.9 Å². The lowest BCUT2D eigenvalue weighted by atomic mass is 10.0. The van der Waals surface area contributed by atoms with E-state index in [0.717, 1.165) is 11.1 Å². The third kappa shape index (κ3) is 3.00. The molecule has 2 N–H and O–H groups in total. The van der Waals surface area contributed by atoms with Gasteiger partial charge in [-0.25, -0.2) is 0 Å². The Morgan fingerprint density at radius 2 is 1.67 bits per heavy atom. The molecule has 3 aromatic rings. The molecule has 0 saturated heterocycles. The topological polar surface area (TPSA) is 60.9 Å². The van der Waals surface area contributed by atoms with Crippen LogP contribution in [0.3, 0.4) is 0 Å². The van der Waals surface area contributed by atoms with Gasteiger partial charge in [-0.3, -0.25) is 9.48 Å². The van der Waals surface area contributed by atoms with Crippen molar-refractivity contribution in [3.8, 4) is 11.1 Å². The van der Waals surface area contributed by atoms with Crippen molar-refractivity contribution in [3.63, 3.8) is 0 Å². The molecule has 104 valence electrons. The van der Waals surface area contributed by atoms with Crippen LogP contribution in [0.15, 0.2) is 67.0 Å². The number of hydrogen-bond donors (Lipinski definition) is 1. The van der Waals surface area contributed by atoms with E-state index in [-0.39, 0.29) is 12.3 Å². The molecule has 0 unspecified atom stereocenters. The van der Waals surface area contributed by atoms with E-state index >= 15 is 0 Å². The van der Waals surface area contributed by atoms with Crippen molar-refractivity contribution < 1.29 is 4.79 Å². The standard InChI is InChI=1S/C17H15N3O/c18-16-10-19-20(11-16)12-17(21)15-8-6-14(7-9-15)13-4-2-1-3-5-13/h1-11H,12,18H2. The summed E-state index contributed by atoms with van der Waals surface area (Å²) in [6, 6.07) is 17.7. The Labute approximate surface area is 122 Å². The molecule has 4 heteroatoms. The van der Waals surface area contributed by atoms with Gasteiger partial charge in [-0.1, -0.05) is 54.6 Å². The van der Waals surface area contributed by atoms with Gasteiger partial charge in [0.15, 0.2) is 5.78 Å². The molecule has 0 spiro atoms. The maximum absolute atomic E-state index is 12.2. The molecular formula is C17H15N3O. The number of hydrogen-bond acceptors (Lipinski definition) is 3. The Bertz CT molecular complexity index is 745. The van der Waals surface area contributed by atoms with E-state index < -0.39 is 0 Å². The highest BCUT2D eigenvalue weighted by Crippen LogP contribution is 2.19. The third-order valence-corrected chi connectivity index (χ3v) is 3.27. The maximum Gasteiger partial charge on any atom is 0.184 e. The van der Waals surface area contributed by atoms with Gasteiger partial charge in [-0.2, -0.15) is 5.10 Å². The van der Waals surface area contributed by atoms with Gasteiger partial charge in [-0.15, -0.1) is 0 Å². The molecule has 0 fully saturated rings. The maximum atomic E-state index is 12.2. The van der Waals surface area contributed by atoms with Crippen molar-refractivity contribution in [2.75, 3.05) is 5.73 Å². The van der Waals surface area contributed by atoms with Crippen LogP contribution in [0.5, 0.6) is 0 Å². The molecular weight excluding hydrogens is 262 g/mol. The summed E-state index contributed by atoms with van der Waals surface area (Å²) in [5, 5.41) is 4.02. The monoisotopic (exact) mass is 277 g/mol. The fourth-order valence-corrected chi connectivity index (χ4v) is 2.18. The molecule has 0 aliphatic rings. The number of carbonyl (C=O) groups is 1. The molecule has 1 heterocycles. The molecule has 21 heavy (non-hydrogen) atoms. The lowest BCUT2D eigenvalue weighted by Gasteiger charge is -2.04. The number of ketones is 1. The lowest BCUT2D eigenvalue weighted by molar-refractivity contribution is 0.0968. The Balaban J connectivity index is 1.76. The van der Waals surface area contributed by atoms with E-state index in [4.69, 9.17) is 5.73 Å². The molecule has 1 aromatic heterocycles. The van der Waals surface area contributed by atoms with Crippen molar-refractivity contribution >= 4 is 11.5 Å². The van der Waals surface area contributed by atoms with Crippen LogP contribution in [0.1, 0.15) is 10.4 Å². The summed E-state index contributed by atoms with van der Waals surface area (Å²) in [6.45, 7) is 0.196. The molecule has 0 atom stereocenters. The first-order valence-electron chi connectivity index (χ1n) is 6.69. The lowest BCUT2D eigenvalue weighted by Crippen LogP contribution is -2.10. The van der Waals surface area contributed by atoms with E-state index in [0.29, 0.717) is 11.3 Å². The van der Waals surface area contributed by atoms with Crippen LogP contribution < -0.4 is 5.73 Å².